The van der Waals surface area contributed by atoms with Crippen LogP contribution in [-0.2, 0) is 12.8 Å². The summed E-state index contributed by atoms with van der Waals surface area (Å²) >= 11 is 1.37. The summed E-state index contributed by atoms with van der Waals surface area (Å²) in [6.07, 6.45) is 4.39. The summed E-state index contributed by atoms with van der Waals surface area (Å²) in [5.41, 5.74) is 9.78. The molecule has 1 aliphatic carbocycles. The first-order chi connectivity index (χ1) is 12.6. The van der Waals surface area contributed by atoms with Gasteiger partial charge in [-0.05, 0) is 55.5 Å². The summed E-state index contributed by atoms with van der Waals surface area (Å²) in [6, 6.07) is 7.26. The Labute approximate surface area is 155 Å². The van der Waals surface area contributed by atoms with E-state index in [1.807, 2.05) is 0 Å². The predicted molar refractivity (Wildman–Crippen MR) is 104 cm³/mol. The van der Waals surface area contributed by atoms with Crippen molar-refractivity contribution in [3.8, 4) is 11.5 Å². The van der Waals surface area contributed by atoms with Crippen LogP contribution in [0.2, 0.25) is 0 Å². The van der Waals surface area contributed by atoms with E-state index in [1.165, 1.54) is 29.7 Å². The molecule has 2 heterocycles. The predicted octanol–water partition coefficient (Wildman–Crippen LogP) is 4.01. The van der Waals surface area contributed by atoms with Crippen molar-refractivity contribution in [2.45, 2.75) is 25.7 Å². The Morgan fingerprint density at radius 3 is 2.65 bits per heavy atom. The molecular formula is C20H20N2O3S. The maximum atomic E-state index is 13.0. The van der Waals surface area contributed by atoms with Gasteiger partial charge in [-0.3, -0.25) is 4.79 Å². The van der Waals surface area contributed by atoms with Gasteiger partial charge in [0.15, 0.2) is 11.5 Å². The van der Waals surface area contributed by atoms with E-state index in [0.29, 0.717) is 27.6 Å². The van der Waals surface area contributed by atoms with Crippen LogP contribution < -0.4 is 15.2 Å². The van der Waals surface area contributed by atoms with Gasteiger partial charge in [0.25, 0.3) is 0 Å². The van der Waals surface area contributed by atoms with Gasteiger partial charge >= 0.3 is 0 Å². The number of anilines is 1. The van der Waals surface area contributed by atoms with E-state index in [4.69, 9.17) is 20.2 Å². The number of ketones is 1. The minimum atomic E-state index is -0.121. The molecule has 0 atom stereocenters. The quantitative estimate of drug-likeness (QED) is 0.705. The molecule has 4 rings (SSSR count). The number of pyridine rings is 1. The van der Waals surface area contributed by atoms with Crippen molar-refractivity contribution >= 4 is 33.0 Å². The lowest BCUT2D eigenvalue weighted by Crippen LogP contribution is -2.05. The van der Waals surface area contributed by atoms with Crippen molar-refractivity contribution in [3.63, 3.8) is 0 Å². The summed E-state index contributed by atoms with van der Waals surface area (Å²) in [4.78, 5) is 19.2. The van der Waals surface area contributed by atoms with Gasteiger partial charge in [-0.2, -0.15) is 0 Å². The highest BCUT2D eigenvalue weighted by molar-refractivity contribution is 7.21. The zero-order chi connectivity index (χ0) is 18.3. The van der Waals surface area contributed by atoms with Crippen molar-refractivity contribution in [3.05, 3.63) is 46.0 Å². The lowest BCUT2D eigenvalue weighted by Gasteiger charge is -2.14. The maximum absolute atomic E-state index is 13.0. The largest absolute Gasteiger partial charge is 0.493 e. The number of nitrogen functional groups attached to an aromatic ring is 1. The first kappa shape index (κ1) is 16.8. The molecule has 0 saturated heterocycles. The van der Waals surface area contributed by atoms with E-state index in [2.05, 4.69) is 6.07 Å². The normalized spacial score (nSPS) is 13.5. The molecule has 0 unspecified atom stereocenters. The number of hydrogen-bond acceptors (Lipinski definition) is 6. The van der Waals surface area contributed by atoms with Crippen LogP contribution in [-0.4, -0.2) is 25.0 Å². The van der Waals surface area contributed by atoms with Crippen LogP contribution in [0.15, 0.2) is 24.3 Å². The molecule has 0 fully saturated rings. The number of rotatable bonds is 4. The smallest absolute Gasteiger partial charge is 0.205 e. The summed E-state index contributed by atoms with van der Waals surface area (Å²) in [6.45, 7) is 0. The fraction of sp³-hybridized carbons (Fsp3) is 0.300. The van der Waals surface area contributed by atoms with Crippen LogP contribution in [0.5, 0.6) is 11.5 Å². The number of methoxy groups -OCH3 is 2. The van der Waals surface area contributed by atoms with Crippen molar-refractivity contribution < 1.29 is 14.3 Å². The zero-order valence-corrected chi connectivity index (χ0v) is 15.6. The second kappa shape index (κ2) is 6.61. The maximum Gasteiger partial charge on any atom is 0.205 e. The van der Waals surface area contributed by atoms with Gasteiger partial charge in [-0.1, -0.05) is 0 Å². The fourth-order valence-electron chi connectivity index (χ4n) is 3.44. The van der Waals surface area contributed by atoms with Crippen LogP contribution in [0.1, 0.15) is 39.3 Å². The number of aromatic nitrogens is 1. The lowest BCUT2D eigenvalue weighted by molar-refractivity contribution is 0.104. The molecule has 134 valence electrons. The molecule has 26 heavy (non-hydrogen) atoms. The van der Waals surface area contributed by atoms with Crippen molar-refractivity contribution in [2.24, 2.45) is 0 Å². The molecule has 1 aliphatic rings. The third-order valence-electron chi connectivity index (χ3n) is 4.85. The Morgan fingerprint density at radius 2 is 1.88 bits per heavy atom. The second-order valence-electron chi connectivity index (χ2n) is 6.40. The summed E-state index contributed by atoms with van der Waals surface area (Å²) in [5.74, 6) is 0.985. The van der Waals surface area contributed by atoms with E-state index in [0.717, 1.165) is 28.8 Å². The van der Waals surface area contributed by atoms with E-state index in [9.17, 15) is 4.79 Å². The Bertz CT molecular complexity index is 1010. The number of benzene rings is 1. The standard InChI is InChI=1S/C20H20N2O3S/c1-24-15-8-7-12(10-16(15)25-2)18(23)19-17(21)13-9-11-5-3-4-6-14(11)22-20(13)26-19/h7-10H,3-6,21H2,1-2H3. The number of thiophene rings is 1. The molecule has 1 aromatic carbocycles. The Morgan fingerprint density at radius 1 is 1.12 bits per heavy atom. The van der Waals surface area contributed by atoms with E-state index in [-0.39, 0.29) is 5.78 Å². The number of ether oxygens (including phenoxy) is 2. The van der Waals surface area contributed by atoms with Crippen LogP contribution >= 0.6 is 11.3 Å². The molecule has 0 bridgehead atoms. The van der Waals surface area contributed by atoms with Crippen LogP contribution in [0, 0.1) is 0 Å². The van der Waals surface area contributed by atoms with Gasteiger partial charge in [0.1, 0.15) is 9.71 Å². The average Bonchev–Trinajstić information content (AvgIpc) is 3.00. The molecule has 0 aliphatic heterocycles. The molecule has 0 saturated carbocycles. The van der Waals surface area contributed by atoms with Gasteiger partial charge in [0, 0.05) is 16.6 Å². The minimum Gasteiger partial charge on any atom is -0.493 e. The molecule has 2 N–H and O–H groups in total. The summed E-state index contributed by atoms with van der Waals surface area (Å²) in [7, 11) is 3.12. The van der Waals surface area contributed by atoms with Gasteiger partial charge in [0.2, 0.25) is 5.78 Å². The van der Waals surface area contributed by atoms with Gasteiger partial charge in [-0.15, -0.1) is 11.3 Å². The number of aryl methyl sites for hydroxylation is 2. The topological polar surface area (TPSA) is 74.4 Å². The van der Waals surface area contributed by atoms with Gasteiger partial charge in [-0.25, -0.2) is 4.98 Å². The van der Waals surface area contributed by atoms with E-state index >= 15 is 0 Å². The SMILES string of the molecule is COc1ccc(C(=O)c2sc3nc4c(cc3c2N)CCCC4)cc1OC. The number of carbonyl (C=O) groups is 1. The monoisotopic (exact) mass is 368 g/mol. The molecule has 0 radical (unpaired) electrons. The first-order valence-corrected chi connectivity index (χ1v) is 9.41. The number of nitrogens with two attached hydrogens (primary N) is 1. The molecule has 0 amide bonds. The van der Waals surface area contributed by atoms with E-state index < -0.39 is 0 Å². The third kappa shape index (κ3) is 2.70. The van der Waals surface area contributed by atoms with Crippen molar-refractivity contribution in [1.82, 2.24) is 4.98 Å². The molecule has 6 heteroatoms. The second-order valence-corrected chi connectivity index (χ2v) is 7.40. The first-order valence-electron chi connectivity index (χ1n) is 8.60. The van der Waals surface area contributed by atoms with Crippen LogP contribution in [0.3, 0.4) is 0 Å². The molecule has 0 spiro atoms. The highest BCUT2D eigenvalue weighted by atomic mass is 32.1. The van der Waals surface area contributed by atoms with Gasteiger partial charge in [0.05, 0.1) is 19.9 Å². The van der Waals surface area contributed by atoms with Crippen LogP contribution in [0.4, 0.5) is 5.69 Å². The summed E-state index contributed by atoms with van der Waals surface area (Å²) in [5, 5.41) is 0.888. The highest BCUT2D eigenvalue weighted by Crippen LogP contribution is 2.37. The number of nitrogens with zero attached hydrogens (tertiary/aromatic N) is 1. The average molecular weight is 368 g/mol. The number of carbonyl (C=O) groups excluding carboxylic acids is 1. The van der Waals surface area contributed by atoms with Crippen molar-refractivity contribution in [1.29, 1.82) is 0 Å². The number of hydrogen-bond donors (Lipinski definition) is 1. The molecule has 5 nitrogen and oxygen atoms in total. The molecule has 2 aromatic heterocycles. The highest BCUT2D eigenvalue weighted by Gasteiger charge is 2.22. The Hall–Kier alpha value is -2.60. The Balaban J connectivity index is 1.78. The fourth-order valence-corrected chi connectivity index (χ4v) is 4.50. The summed E-state index contributed by atoms with van der Waals surface area (Å²) < 4.78 is 10.5. The van der Waals surface area contributed by atoms with E-state index in [1.54, 1.807) is 32.4 Å². The van der Waals surface area contributed by atoms with Gasteiger partial charge < -0.3 is 15.2 Å². The minimum absolute atomic E-state index is 0.121. The number of fused-ring (bicyclic) bond motifs is 2. The van der Waals surface area contributed by atoms with Crippen LogP contribution in [0.25, 0.3) is 10.2 Å². The third-order valence-corrected chi connectivity index (χ3v) is 5.97. The molecule has 3 aromatic rings. The lowest BCUT2D eigenvalue weighted by atomic mass is 9.95. The Kier molecular flexibility index (Phi) is 4.28. The zero-order valence-electron chi connectivity index (χ0n) is 14.8. The molecular weight excluding hydrogens is 348 g/mol. The van der Waals surface area contributed by atoms with Crippen molar-refractivity contribution in [2.75, 3.05) is 20.0 Å².